The fourth-order valence-electron chi connectivity index (χ4n) is 10.6. The fourth-order valence-corrected chi connectivity index (χ4v) is 10.6. The van der Waals surface area contributed by atoms with Gasteiger partial charge in [-0.2, -0.15) is 0 Å². The van der Waals surface area contributed by atoms with E-state index in [9.17, 15) is 5.11 Å². The highest BCUT2D eigenvalue weighted by Crippen LogP contribution is 2.72. The first kappa shape index (κ1) is 22.7. The standard InChI is InChI=1S/C33H39N3O2/c1-31-7-4-22-13-26-24-14-25(24)27(36-11-6-23(34)18-36)16-32(26)8-9-33(22,38-32)29(31)15-28(37)30(31)20-3-2-19-5-10-35-17-21(19)12-20/h2-5,10,12-13,17,23-25,27-30,37H,6-9,11,14-16,18,34H2,1H3/t23-,24+,25-,27+,28-,29-,30?,31+,32-,33?/m1/s1. The van der Waals surface area contributed by atoms with E-state index in [-0.39, 0.29) is 28.6 Å². The molecule has 10 atom stereocenters. The van der Waals surface area contributed by atoms with E-state index in [1.54, 1.807) is 5.57 Å². The Bertz CT molecular complexity index is 1420. The Morgan fingerprint density at radius 3 is 2.95 bits per heavy atom. The van der Waals surface area contributed by atoms with Crippen LogP contribution < -0.4 is 5.73 Å². The lowest BCUT2D eigenvalue weighted by Crippen LogP contribution is -2.56. The molecule has 2 spiro atoms. The third-order valence-electron chi connectivity index (χ3n) is 12.3. The highest BCUT2D eigenvalue weighted by molar-refractivity contribution is 5.82. The molecule has 1 aromatic carbocycles. The van der Waals surface area contributed by atoms with E-state index in [4.69, 9.17) is 10.5 Å². The van der Waals surface area contributed by atoms with Crippen molar-refractivity contribution >= 4 is 10.8 Å². The lowest BCUT2D eigenvalue weighted by atomic mass is 9.58. The van der Waals surface area contributed by atoms with Gasteiger partial charge in [-0.25, -0.2) is 0 Å². The minimum absolute atomic E-state index is 0.0341. The molecule has 5 fully saturated rings. The lowest BCUT2D eigenvalue weighted by Gasteiger charge is -2.54. The maximum Gasteiger partial charge on any atom is 0.0975 e. The molecule has 0 radical (unpaired) electrons. The van der Waals surface area contributed by atoms with Gasteiger partial charge in [0.25, 0.3) is 0 Å². The van der Waals surface area contributed by atoms with Gasteiger partial charge in [0.2, 0.25) is 0 Å². The molecule has 2 aromatic rings. The van der Waals surface area contributed by atoms with Crippen molar-refractivity contribution in [3.8, 4) is 0 Å². The summed E-state index contributed by atoms with van der Waals surface area (Å²) >= 11 is 0. The highest BCUT2D eigenvalue weighted by Gasteiger charge is 2.71. The van der Waals surface area contributed by atoms with E-state index in [1.807, 2.05) is 12.4 Å². The number of pyridine rings is 1. The number of ether oxygens (including phenoxy) is 1. The molecule has 38 heavy (non-hydrogen) atoms. The Morgan fingerprint density at radius 2 is 2.08 bits per heavy atom. The summed E-state index contributed by atoms with van der Waals surface area (Å²) in [5, 5.41) is 14.0. The van der Waals surface area contributed by atoms with Crippen molar-refractivity contribution in [3.63, 3.8) is 0 Å². The first-order chi connectivity index (χ1) is 18.4. The minimum Gasteiger partial charge on any atom is -0.392 e. The van der Waals surface area contributed by atoms with Crippen LogP contribution in [0.3, 0.4) is 0 Å². The number of nitrogens with zero attached hydrogens (tertiary/aromatic N) is 2. The Kier molecular flexibility index (Phi) is 4.41. The van der Waals surface area contributed by atoms with Crippen LogP contribution in [0.15, 0.2) is 60.0 Å². The molecular weight excluding hydrogens is 470 g/mol. The summed E-state index contributed by atoms with van der Waals surface area (Å²) in [6, 6.07) is 9.74. The first-order valence-electron chi connectivity index (χ1n) is 15.0. The number of nitrogens with two attached hydrogens (primary N) is 1. The maximum absolute atomic E-state index is 11.7. The Morgan fingerprint density at radius 1 is 1.16 bits per heavy atom. The van der Waals surface area contributed by atoms with Crippen LogP contribution in [-0.4, -0.2) is 57.5 Å². The van der Waals surface area contributed by atoms with Crippen LogP contribution in [0.2, 0.25) is 0 Å². The average molecular weight is 510 g/mol. The topological polar surface area (TPSA) is 71.6 Å². The number of benzene rings is 1. The quantitative estimate of drug-likeness (QED) is 0.614. The molecule has 2 unspecified atom stereocenters. The van der Waals surface area contributed by atoms with Crippen LogP contribution in [0.4, 0.5) is 0 Å². The van der Waals surface area contributed by atoms with Gasteiger partial charge in [-0.05, 0) is 96.4 Å². The molecular formula is C33H39N3O2. The van der Waals surface area contributed by atoms with Crippen molar-refractivity contribution in [2.45, 2.75) is 87.2 Å². The Balaban J connectivity index is 1.10. The number of rotatable bonds is 2. The zero-order valence-corrected chi connectivity index (χ0v) is 22.4. The summed E-state index contributed by atoms with van der Waals surface area (Å²) in [7, 11) is 0. The molecule has 2 saturated heterocycles. The van der Waals surface area contributed by atoms with Crippen molar-refractivity contribution in [3.05, 3.63) is 65.5 Å². The summed E-state index contributed by atoms with van der Waals surface area (Å²) in [5.74, 6) is 1.92. The number of likely N-dealkylation sites (tertiary alicyclic amines) is 1. The van der Waals surface area contributed by atoms with E-state index in [0.29, 0.717) is 23.9 Å². The number of hydrogen-bond donors (Lipinski definition) is 2. The van der Waals surface area contributed by atoms with Gasteiger partial charge in [0.15, 0.2) is 0 Å². The van der Waals surface area contributed by atoms with Crippen molar-refractivity contribution < 1.29 is 9.84 Å². The fraction of sp³-hybridized carbons (Fsp3) is 0.606. The number of fused-ring (bicyclic) bond motifs is 4. The van der Waals surface area contributed by atoms with Crippen LogP contribution in [0.25, 0.3) is 10.8 Å². The Hall–Kier alpha value is -2.05. The molecule has 3 aliphatic heterocycles. The molecule has 0 amide bonds. The first-order valence-corrected chi connectivity index (χ1v) is 15.0. The Labute approximate surface area is 225 Å². The van der Waals surface area contributed by atoms with E-state index in [1.165, 1.54) is 22.9 Å². The monoisotopic (exact) mass is 509 g/mol. The second kappa shape index (κ2) is 7.37. The third-order valence-corrected chi connectivity index (χ3v) is 12.3. The summed E-state index contributed by atoms with van der Waals surface area (Å²) in [4.78, 5) is 7.06. The second-order valence-electron chi connectivity index (χ2n) is 14.1. The van der Waals surface area contributed by atoms with E-state index < -0.39 is 0 Å². The van der Waals surface area contributed by atoms with Crippen LogP contribution in [-0.2, 0) is 4.74 Å². The van der Waals surface area contributed by atoms with Crippen molar-refractivity contribution in [1.29, 1.82) is 0 Å². The molecule has 5 heteroatoms. The summed E-state index contributed by atoms with van der Waals surface area (Å²) in [6.45, 7) is 4.64. The molecule has 3 N–H and O–H groups in total. The number of aromatic nitrogens is 1. The van der Waals surface area contributed by atoms with Crippen LogP contribution in [0.1, 0.15) is 63.4 Å². The second-order valence-corrected chi connectivity index (χ2v) is 14.1. The molecule has 3 saturated carbocycles. The predicted octanol–water partition coefficient (Wildman–Crippen LogP) is 4.71. The third kappa shape index (κ3) is 2.79. The predicted molar refractivity (Wildman–Crippen MR) is 147 cm³/mol. The molecule has 1 aromatic heterocycles. The van der Waals surface area contributed by atoms with Gasteiger partial charge >= 0.3 is 0 Å². The molecule has 5 nitrogen and oxygen atoms in total. The number of aliphatic hydroxyl groups excluding tert-OH is 1. The summed E-state index contributed by atoms with van der Waals surface area (Å²) < 4.78 is 7.56. The minimum atomic E-state index is -0.357. The van der Waals surface area contributed by atoms with Gasteiger partial charge in [0.05, 0.1) is 17.3 Å². The lowest BCUT2D eigenvalue weighted by molar-refractivity contribution is -0.141. The van der Waals surface area contributed by atoms with Gasteiger partial charge in [0, 0.05) is 54.8 Å². The molecule has 198 valence electrons. The summed E-state index contributed by atoms with van der Waals surface area (Å²) in [6.07, 6.45) is 16.2. The molecule has 7 aliphatic rings. The molecule has 4 heterocycles. The van der Waals surface area contributed by atoms with Gasteiger partial charge in [-0.1, -0.05) is 31.2 Å². The average Bonchev–Trinajstić information content (AvgIpc) is 3.38. The normalized spacial score (nSPS) is 48.7. The highest BCUT2D eigenvalue weighted by atomic mass is 16.5. The molecule has 2 bridgehead atoms. The maximum atomic E-state index is 11.7. The van der Waals surface area contributed by atoms with Crippen molar-refractivity contribution in [2.75, 3.05) is 13.1 Å². The number of allylic oxidation sites excluding steroid dienone is 1. The number of hydrogen-bond acceptors (Lipinski definition) is 5. The van der Waals surface area contributed by atoms with Crippen molar-refractivity contribution in [1.82, 2.24) is 9.88 Å². The smallest absolute Gasteiger partial charge is 0.0975 e. The van der Waals surface area contributed by atoms with Crippen LogP contribution >= 0.6 is 0 Å². The van der Waals surface area contributed by atoms with Crippen LogP contribution in [0.5, 0.6) is 0 Å². The largest absolute Gasteiger partial charge is 0.392 e. The van der Waals surface area contributed by atoms with E-state index in [2.05, 4.69) is 53.2 Å². The number of aliphatic hydroxyl groups is 1. The van der Waals surface area contributed by atoms with Crippen molar-refractivity contribution in [2.24, 2.45) is 28.9 Å². The van der Waals surface area contributed by atoms with E-state index >= 15 is 0 Å². The molecule has 9 rings (SSSR count). The van der Waals surface area contributed by atoms with Crippen LogP contribution in [0, 0.1) is 23.2 Å². The van der Waals surface area contributed by atoms with Gasteiger partial charge in [0.1, 0.15) is 0 Å². The van der Waals surface area contributed by atoms with Gasteiger partial charge in [-0.3, -0.25) is 9.88 Å². The SMILES string of the molecule is C[C@]12CC=C3C=C4[C@H]5C[C@H]5[C@@H](N5CC[C@@H](N)C5)C[C@]45CCC3(O5)[C@@H]1C[C@@H](O)C2c1ccc2ccncc2c1. The van der Waals surface area contributed by atoms with Gasteiger partial charge < -0.3 is 15.6 Å². The zero-order valence-electron chi connectivity index (χ0n) is 22.4. The van der Waals surface area contributed by atoms with E-state index in [0.717, 1.165) is 62.9 Å². The summed E-state index contributed by atoms with van der Waals surface area (Å²) in [5.41, 5.74) is 10.2. The molecule has 4 aliphatic carbocycles. The van der Waals surface area contributed by atoms with Gasteiger partial charge in [-0.15, -0.1) is 0 Å². The zero-order chi connectivity index (χ0) is 25.4.